The number of primary amides is 1. The summed E-state index contributed by atoms with van der Waals surface area (Å²) < 4.78 is 5.57. The van der Waals surface area contributed by atoms with Gasteiger partial charge in [0.25, 0.3) is 0 Å². The lowest BCUT2D eigenvalue weighted by atomic mass is 10.1. The Morgan fingerprint density at radius 2 is 1.94 bits per heavy atom. The number of carbonyl (C=O) groups is 1. The van der Waals surface area contributed by atoms with Gasteiger partial charge < -0.3 is 10.5 Å². The minimum Gasteiger partial charge on any atom is -0.487 e. The van der Waals surface area contributed by atoms with E-state index >= 15 is 0 Å². The molecule has 92 valence electrons. The highest BCUT2D eigenvalue weighted by molar-refractivity contribution is 6.32. The van der Waals surface area contributed by atoms with Crippen molar-refractivity contribution in [3.05, 3.63) is 64.7 Å². The first kappa shape index (κ1) is 12.5. The zero-order chi connectivity index (χ0) is 13.0. The van der Waals surface area contributed by atoms with E-state index in [2.05, 4.69) is 0 Å². The Bertz CT molecular complexity index is 569. The van der Waals surface area contributed by atoms with Crippen LogP contribution >= 0.6 is 11.6 Å². The third-order valence-corrected chi connectivity index (χ3v) is 2.75. The predicted molar refractivity (Wildman–Crippen MR) is 70.7 cm³/mol. The zero-order valence-corrected chi connectivity index (χ0v) is 10.4. The third kappa shape index (κ3) is 3.02. The topological polar surface area (TPSA) is 52.3 Å². The maximum absolute atomic E-state index is 11.0. The van der Waals surface area contributed by atoms with Crippen molar-refractivity contribution in [1.82, 2.24) is 0 Å². The molecule has 0 saturated heterocycles. The van der Waals surface area contributed by atoms with E-state index in [1.54, 1.807) is 30.3 Å². The van der Waals surface area contributed by atoms with Gasteiger partial charge in [0.15, 0.2) is 0 Å². The highest BCUT2D eigenvalue weighted by atomic mass is 35.5. The van der Waals surface area contributed by atoms with E-state index in [4.69, 9.17) is 22.1 Å². The highest BCUT2D eigenvalue weighted by Gasteiger charge is 2.03. The average molecular weight is 262 g/mol. The molecule has 4 heteroatoms. The molecule has 0 heterocycles. The van der Waals surface area contributed by atoms with Gasteiger partial charge in [-0.1, -0.05) is 35.9 Å². The third-order valence-electron chi connectivity index (χ3n) is 2.44. The van der Waals surface area contributed by atoms with Crippen molar-refractivity contribution in [2.75, 3.05) is 0 Å². The van der Waals surface area contributed by atoms with Crippen LogP contribution in [-0.2, 0) is 6.61 Å². The number of amides is 1. The molecule has 0 spiro atoms. The number of nitrogens with two attached hydrogens (primary N) is 1. The van der Waals surface area contributed by atoms with Gasteiger partial charge in [0.05, 0.1) is 5.02 Å². The number of hydrogen-bond donors (Lipinski definition) is 1. The molecule has 0 aliphatic heterocycles. The van der Waals surface area contributed by atoms with E-state index in [0.717, 1.165) is 5.56 Å². The van der Waals surface area contributed by atoms with Gasteiger partial charge in [-0.2, -0.15) is 0 Å². The molecule has 0 aliphatic carbocycles. The lowest BCUT2D eigenvalue weighted by Crippen LogP contribution is -2.11. The summed E-state index contributed by atoms with van der Waals surface area (Å²) in [6.45, 7) is 0.338. The van der Waals surface area contributed by atoms with Crippen LogP contribution in [0.3, 0.4) is 0 Å². The molecule has 0 aromatic heterocycles. The first-order chi connectivity index (χ1) is 8.66. The summed E-state index contributed by atoms with van der Waals surface area (Å²) in [7, 11) is 0. The molecule has 2 aromatic rings. The first-order valence-corrected chi connectivity index (χ1v) is 5.80. The number of hydrogen-bond acceptors (Lipinski definition) is 2. The molecule has 2 aromatic carbocycles. The highest BCUT2D eigenvalue weighted by Crippen LogP contribution is 2.24. The molecule has 1 amide bonds. The lowest BCUT2D eigenvalue weighted by molar-refractivity contribution is 0.1000. The molecule has 0 aliphatic rings. The molecule has 0 bridgehead atoms. The maximum atomic E-state index is 11.0. The van der Waals surface area contributed by atoms with Crippen LogP contribution in [0.1, 0.15) is 15.9 Å². The van der Waals surface area contributed by atoms with Gasteiger partial charge in [-0.25, -0.2) is 0 Å². The Morgan fingerprint density at radius 1 is 1.17 bits per heavy atom. The van der Waals surface area contributed by atoms with E-state index in [-0.39, 0.29) is 0 Å². The Morgan fingerprint density at radius 3 is 2.67 bits per heavy atom. The molecular weight excluding hydrogens is 250 g/mol. The van der Waals surface area contributed by atoms with Crippen LogP contribution in [0, 0.1) is 0 Å². The summed E-state index contributed by atoms with van der Waals surface area (Å²) in [6.07, 6.45) is 0. The van der Waals surface area contributed by atoms with Crippen LogP contribution in [0.2, 0.25) is 5.02 Å². The molecule has 18 heavy (non-hydrogen) atoms. The second-order valence-electron chi connectivity index (χ2n) is 3.78. The number of benzene rings is 2. The fourth-order valence-electron chi connectivity index (χ4n) is 1.54. The van der Waals surface area contributed by atoms with Crippen molar-refractivity contribution in [1.29, 1.82) is 0 Å². The number of halogens is 1. The second kappa shape index (κ2) is 5.56. The van der Waals surface area contributed by atoms with Crippen LogP contribution in [-0.4, -0.2) is 5.91 Å². The lowest BCUT2D eigenvalue weighted by Gasteiger charge is -2.08. The summed E-state index contributed by atoms with van der Waals surface area (Å²) in [6, 6.07) is 14.2. The Hall–Kier alpha value is -2.00. The van der Waals surface area contributed by atoms with Crippen molar-refractivity contribution in [3.8, 4) is 5.75 Å². The average Bonchev–Trinajstić information content (AvgIpc) is 2.38. The summed E-state index contributed by atoms with van der Waals surface area (Å²) in [5, 5.41) is 0.559. The van der Waals surface area contributed by atoms with Gasteiger partial charge >= 0.3 is 0 Å². The minimum absolute atomic E-state index is 0.338. The smallest absolute Gasteiger partial charge is 0.248 e. The monoisotopic (exact) mass is 261 g/mol. The normalized spacial score (nSPS) is 10.1. The zero-order valence-electron chi connectivity index (χ0n) is 9.60. The van der Waals surface area contributed by atoms with Crippen molar-refractivity contribution in [2.45, 2.75) is 6.61 Å². The van der Waals surface area contributed by atoms with Gasteiger partial charge in [-0.3, -0.25) is 4.79 Å². The number of carbonyl (C=O) groups excluding carboxylic acids is 1. The van der Waals surface area contributed by atoms with Crippen LogP contribution in [0.25, 0.3) is 0 Å². The van der Waals surface area contributed by atoms with Gasteiger partial charge in [-0.15, -0.1) is 0 Å². The van der Waals surface area contributed by atoms with E-state index in [1.807, 2.05) is 18.2 Å². The fourth-order valence-corrected chi connectivity index (χ4v) is 1.73. The summed E-state index contributed by atoms with van der Waals surface area (Å²) in [4.78, 5) is 11.0. The quantitative estimate of drug-likeness (QED) is 0.920. The molecule has 0 atom stereocenters. The summed E-state index contributed by atoms with van der Waals surface area (Å²) >= 11 is 5.97. The summed E-state index contributed by atoms with van der Waals surface area (Å²) in [5.41, 5.74) is 6.55. The molecule has 0 radical (unpaired) electrons. The Labute approximate surface area is 110 Å². The molecule has 0 fully saturated rings. The molecule has 3 nitrogen and oxygen atoms in total. The van der Waals surface area contributed by atoms with Crippen LogP contribution in [0.5, 0.6) is 5.75 Å². The molecule has 0 saturated carbocycles. The molecule has 2 N–H and O–H groups in total. The van der Waals surface area contributed by atoms with Crippen molar-refractivity contribution >= 4 is 17.5 Å². The standard InChI is InChI=1S/C14H12ClNO2/c15-12-6-1-2-7-13(12)18-9-10-4-3-5-11(8-10)14(16)17/h1-8H,9H2,(H2,16,17). The second-order valence-corrected chi connectivity index (χ2v) is 4.19. The van der Waals surface area contributed by atoms with Crippen LogP contribution < -0.4 is 10.5 Å². The van der Waals surface area contributed by atoms with E-state index in [1.165, 1.54) is 0 Å². The van der Waals surface area contributed by atoms with Crippen molar-refractivity contribution in [3.63, 3.8) is 0 Å². The van der Waals surface area contributed by atoms with Crippen LogP contribution in [0.4, 0.5) is 0 Å². The van der Waals surface area contributed by atoms with Crippen molar-refractivity contribution < 1.29 is 9.53 Å². The molecular formula is C14H12ClNO2. The van der Waals surface area contributed by atoms with Crippen LogP contribution in [0.15, 0.2) is 48.5 Å². The van der Waals surface area contributed by atoms with Gasteiger partial charge in [-0.05, 0) is 29.8 Å². The number of ether oxygens (including phenoxy) is 1. The first-order valence-electron chi connectivity index (χ1n) is 5.43. The Kier molecular flexibility index (Phi) is 3.85. The van der Waals surface area contributed by atoms with Gasteiger partial charge in [0, 0.05) is 5.56 Å². The number of para-hydroxylation sites is 1. The molecule has 0 unspecified atom stereocenters. The largest absolute Gasteiger partial charge is 0.487 e. The van der Waals surface area contributed by atoms with Gasteiger partial charge in [0.1, 0.15) is 12.4 Å². The van der Waals surface area contributed by atoms with Crippen molar-refractivity contribution in [2.24, 2.45) is 5.73 Å². The van der Waals surface area contributed by atoms with E-state index < -0.39 is 5.91 Å². The SMILES string of the molecule is NC(=O)c1cccc(COc2ccccc2Cl)c1. The predicted octanol–water partition coefficient (Wildman–Crippen LogP) is 3.02. The van der Waals surface area contributed by atoms with Gasteiger partial charge in [0.2, 0.25) is 5.91 Å². The summed E-state index contributed by atoms with van der Waals surface area (Å²) in [5.74, 6) is 0.165. The van der Waals surface area contributed by atoms with E-state index in [9.17, 15) is 4.79 Å². The molecule has 2 rings (SSSR count). The Balaban J connectivity index is 2.09. The van der Waals surface area contributed by atoms with E-state index in [0.29, 0.717) is 22.9 Å². The fraction of sp³-hybridized carbons (Fsp3) is 0.0714. The maximum Gasteiger partial charge on any atom is 0.248 e. The number of rotatable bonds is 4. The minimum atomic E-state index is -0.449.